The molecule has 0 radical (unpaired) electrons. The lowest BCUT2D eigenvalue weighted by Gasteiger charge is -2.27. The number of ether oxygens (including phenoxy) is 1. The Morgan fingerprint density at radius 2 is 2.20 bits per heavy atom. The first-order chi connectivity index (χ1) is 9.56. The summed E-state index contributed by atoms with van der Waals surface area (Å²) in [6, 6.07) is -0.694. The molecule has 1 saturated heterocycles. The van der Waals surface area contributed by atoms with Crippen molar-refractivity contribution in [1.29, 1.82) is 0 Å². The van der Waals surface area contributed by atoms with Crippen molar-refractivity contribution < 1.29 is 19.4 Å². The zero-order chi connectivity index (χ0) is 14.5. The van der Waals surface area contributed by atoms with Crippen molar-refractivity contribution in [2.75, 3.05) is 26.3 Å². The van der Waals surface area contributed by atoms with Crippen LogP contribution in [-0.2, 0) is 4.74 Å². The molecule has 0 aliphatic carbocycles. The number of urea groups is 1. The number of carboxylic acid groups (broad SMARTS) is 1. The topological polar surface area (TPSA) is 104 Å². The number of carboxylic acids is 1. The summed E-state index contributed by atoms with van der Waals surface area (Å²) in [5, 5.41) is 15.3. The van der Waals surface area contributed by atoms with E-state index in [0.29, 0.717) is 31.3 Å². The third-order valence-corrected chi connectivity index (χ3v) is 3.76. The highest BCUT2D eigenvalue weighted by Crippen LogP contribution is 2.17. The minimum absolute atomic E-state index is 0.00719. The van der Waals surface area contributed by atoms with Crippen LogP contribution in [0, 0.1) is 0 Å². The van der Waals surface area contributed by atoms with E-state index in [2.05, 4.69) is 15.7 Å². The molecular formula is C11H16N4O4S. The number of hydrogen-bond acceptors (Lipinski definition) is 6. The fourth-order valence-electron chi connectivity index (χ4n) is 1.69. The van der Waals surface area contributed by atoms with Crippen LogP contribution < -0.4 is 10.7 Å². The van der Waals surface area contributed by atoms with E-state index < -0.39 is 5.97 Å². The number of morpholine rings is 1. The van der Waals surface area contributed by atoms with Gasteiger partial charge in [-0.1, -0.05) is 0 Å². The fraction of sp³-hybridized carbons (Fsp3) is 0.545. The number of aromatic carboxylic acids is 1. The van der Waals surface area contributed by atoms with Gasteiger partial charge in [0.25, 0.3) is 0 Å². The third kappa shape index (κ3) is 3.89. The Morgan fingerprint density at radius 3 is 2.80 bits per heavy atom. The Morgan fingerprint density at radius 1 is 1.50 bits per heavy atom. The molecule has 1 aliphatic heterocycles. The van der Waals surface area contributed by atoms with Crippen molar-refractivity contribution in [3.8, 4) is 0 Å². The molecule has 1 atom stereocenters. The number of hydrazine groups is 1. The number of nitrogens with zero attached hydrogens (tertiary/aromatic N) is 2. The smallest absolute Gasteiger partial charge is 0.355 e. The molecule has 3 N–H and O–H groups in total. The Kier molecular flexibility index (Phi) is 4.88. The maximum Gasteiger partial charge on any atom is 0.355 e. The van der Waals surface area contributed by atoms with E-state index in [9.17, 15) is 9.59 Å². The van der Waals surface area contributed by atoms with Crippen molar-refractivity contribution >= 4 is 23.3 Å². The highest BCUT2D eigenvalue weighted by molar-refractivity contribution is 7.09. The lowest BCUT2D eigenvalue weighted by molar-refractivity contribution is 0.0193. The van der Waals surface area contributed by atoms with Crippen LogP contribution >= 0.6 is 11.3 Å². The fourth-order valence-corrected chi connectivity index (χ4v) is 2.49. The molecule has 1 aromatic rings. The molecule has 2 amide bonds. The van der Waals surface area contributed by atoms with Crippen LogP contribution in [0.3, 0.4) is 0 Å². The number of amides is 2. The number of carbonyl (C=O) groups is 2. The summed E-state index contributed by atoms with van der Waals surface area (Å²) in [6.07, 6.45) is 0. The van der Waals surface area contributed by atoms with Gasteiger partial charge in [0.05, 0.1) is 19.3 Å². The summed E-state index contributed by atoms with van der Waals surface area (Å²) < 4.78 is 5.18. The monoisotopic (exact) mass is 300 g/mol. The number of carbonyl (C=O) groups excluding carboxylic acids is 1. The molecular weight excluding hydrogens is 284 g/mol. The van der Waals surface area contributed by atoms with E-state index in [1.54, 1.807) is 11.9 Å². The van der Waals surface area contributed by atoms with Gasteiger partial charge in [-0.15, -0.1) is 11.3 Å². The first-order valence-corrected chi connectivity index (χ1v) is 7.03. The van der Waals surface area contributed by atoms with Crippen LogP contribution in [-0.4, -0.2) is 53.4 Å². The number of rotatable bonds is 4. The Bertz CT molecular complexity index is 487. The Labute approximate surface area is 119 Å². The maximum atomic E-state index is 11.8. The predicted molar refractivity (Wildman–Crippen MR) is 71.5 cm³/mol. The summed E-state index contributed by atoms with van der Waals surface area (Å²) in [4.78, 5) is 26.5. The van der Waals surface area contributed by atoms with Crippen LogP contribution in [0.5, 0.6) is 0 Å². The van der Waals surface area contributed by atoms with Crippen LogP contribution in [0.1, 0.15) is 28.5 Å². The zero-order valence-electron chi connectivity index (χ0n) is 11.0. The summed E-state index contributed by atoms with van der Waals surface area (Å²) in [5.74, 6) is -1.07. The van der Waals surface area contributed by atoms with Crippen LogP contribution in [0.15, 0.2) is 5.38 Å². The highest BCUT2D eigenvalue weighted by atomic mass is 32.1. The van der Waals surface area contributed by atoms with Crippen LogP contribution in [0.2, 0.25) is 0 Å². The lowest BCUT2D eigenvalue weighted by Crippen LogP contribution is -2.52. The van der Waals surface area contributed by atoms with E-state index in [1.165, 1.54) is 16.7 Å². The first-order valence-electron chi connectivity index (χ1n) is 6.15. The van der Waals surface area contributed by atoms with Gasteiger partial charge in [0.15, 0.2) is 5.69 Å². The number of nitrogens with one attached hydrogen (secondary N) is 2. The number of hydrogen-bond donors (Lipinski definition) is 3. The maximum absolute atomic E-state index is 11.8. The molecule has 0 saturated carbocycles. The van der Waals surface area contributed by atoms with Crippen molar-refractivity contribution in [1.82, 2.24) is 20.7 Å². The van der Waals surface area contributed by atoms with Gasteiger partial charge in [-0.05, 0) is 6.92 Å². The van der Waals surface area contributed by atoms with Crippen molar-refractivity contribution in [3.05, 3.63) is 16.1 Å². The molecule has 9 heteroatoms. The van der Waals surface area contributed by atoms with Crippen molar-refractivity contribution in [2.45, 2.75) is 13.0 Å². The normalized spacial score (nSPS) is 17.4. The minimum atomic E-state index is -1.07. The molecule has 8 nitrogen and oxygen atoms in total. The minimum Gasteiger partial charge on any atom is -0.476 e. The van der Waals surface area contributed by atoms with E-state index in [1.807, 2.05) is 0 Å². The summed E-state index contributed by atoms with van der Waals surface area (Å²) in [7, 11) is 0. The largest absolute Gasteiger partial charge is 0.476 e. The summed E-state index contributed by atoms with van der Waals surface area (Å²) in [5.41, 5.74) is 2.71. The molecule has 1 fully saturated rings. The standard InChI is InChI=1S/C11H16N4O4S/c1-7(9-13-8(6-20-9)10(16)17)12-11(18)14-15-2-4-19-5-3-15/h6-7H,2-5H2,1H3,(H,16,17)(H2,12,14,18). The highest BCUT2D eigenvalue weighted by Gasteiger charge is 2.18. The summed E-state index contributed by atoms with van der Waals surface area (Å²) in [6.45, 7) is 4.21. The number of thiazole rings is 1. The molecule has 1 unspecified atom stereocenters. The van der Waals surface area contributed by atoms with E-state index >= 15 is 0 Å². The average Bonchev–Trinajstić information content (AvgIpc) is 2.89. The van der Waals surface area contributed by atoms with Crippen LogP contribution in [0.25, 0.3) is 0 Å². The molecule has 1 aliphatic rings. The number of aromatic nitrogens is 1. The van der Waals surface area contributed by atoms with E-state index in [4.69, 9.17) is 9.84 Å². The first kappa shape index (κ1) is 14.7. The zero-order valence-corrected chi connectivity index (χ0v) is 11.8. The lowest BCUT2D eigenvalue weighted by atomic mass is 10.3. The second-order valence-corrected chi connectivity index (χ2v) is 5.17. The van der Waals surface area contributed by atoms with Gasteiger partial charge < -0.3 is 15.2 Å². The van der Waals surface area contributed by atoms with Crippen molar-refractivity contribution in [3.63, 3.8) is 0 Å². The molecule has 0 spiro atoms. The van der Waals surface area contributed by atoms with Gasteiger partial charge in [0.1, 0.15) is 5.01 Å². The average molecular weight is 300 g/mol. The second-order valence-electron chi connectivity index (χ2n) is 4.28. The predicted octanol–water partition coefficient (Wildman–Crippen LogP) is 0.449. The van der Waals surface area contributed by atoms with Gasteiger partial charge in [0, 0.05) is 18.5 Å². The van der Waals surface area contributed by atoms with Gasteiger partial charge in [-0.2, -0.15) is 0 Å². The Balaban J connectivity index is 1.84. The molecule has 1 aromatic heterocycles. The van der Waals surface area contributed by atoms with E-state index in [-0.39, 0.29) is 17.8 Å². The van der Waals surface area contributed by atoms with Gasteiger partial charge >= 0.3 is 12.0 Å². The van der Waals surface area contributed by atoms with E-state index in [0.717, 1.165) is 0 Å². The van der Waals surface area contributed by atoms with Crippen LogP contribution in [0.4, 0.5) is 4.79 Å². The molecule has 0 aromatic carbocycles. The second kappa shape index (κ2) is 6.64. The quantitative estimate of drug-likeness (QED) is 0.746. The molecule has 2 rings (SSSR count). The SMILES string of the molecule is CC(NC(=O)NN1CCOCC1)c1nc(C(=O)O)cs1. The van der Waals surface area contributed by atoms with Gasteiger partial charge in [0.2, 0.25) is 0 Å². The Hall–Kier alpha value is -1.71. The van der Waals surface area contributed by atoms with Gasteiger partial charge in [-0.3, -0.25) is 5.43 Å². The molecule has 20 heavy (non-hydrogen) atoms. The summed E-state index contributed by atoms with van der Waals surface area (Å²) >= 11 is 1.21. The molecule has 110 valence electrons. The van der Waals surface area contributed by atoms with Gasteiger partial charge in [-0.25, -0.2) is 19.6 Å². The third-order valence-electron chi connectivity index (χ3n) is 2.73. The molecule has 2 heterocycles. The van der Waals surface area contributed by atoms with Crippen molar-refractivity contribution in [2.24, 2.45) is 0 Å². The molecule has 0 bridgehead atoms.